The van der Waals surface area contributed by atoms with E-state index in [-0.39, 0.29) is 12.0 Å². The second-order valence-corrected chi connectivity index (χ2v) is 5.70. The van der Waals surface area contributed by atoms with E-state index in [2.05, 4.69) is 20.6 Å². The van der Waals surface area contributed by atoms with Gasteiger partial charge in [0.25, 0.3) is 0 Å². The highest BCUT2D eigenvalue weighted by atomic mass is 35.5. The number of aromatic nitrogens is 1. The first kappa shape index (κ1) is 20.0. The van der Waals surface area contributed by atoms with Crippen LogP contribution in [0.25, 0.3) is 0 Å². The Labute approximate surface area is 153 Å². The fourth-order valence-corrected chi connectivity index (χ4v) is 2.25. The molecule has 0 aliphatic rings. The average Bonchev–Trinajstić information content (AvgIpc) is 2.61. The third kappa shape index (κ3) is 5.32. The molecule has 0 spiro atoms. The van der Waals surface area contributed by atoms with Gasteiger partial charge >= 0.3 is 0 Å². The Morgan fingerprint density at radius 3 is 2.38 bits per heavy atom. The molecule has 2 aromatic rings. The van der Waals surface area contributed by atoms with Crippen LogP contribution < -0.4 is 10.6 Å². The van der Waals surface area contributed by atoms with Crippen molar-refractivity contribution >= 4 is 17.6 Å². The Morgan fingerprint density at radius 1 is 1.12 bits per heavy atom. The zero-order valence-corrected chi connectivity index (χ0v) is 14.7. The molecule has 4 nitrogen and oxygen atoms in total. The summed E-state index contributed by atoms with van der Waals surface area (Å²) in [6.45, 7) is 2.21. The molecule has 140 valence electrons. The minimum atomic E-state index is -1.46. The highest BCUT2D eigenvalue weighted by Crippen LogP contribution is 2.20. The van der Waals surface area contributed by atoms with Crippen molar-refractivity contribution < 1.29 is 17.6 Å². The van der Waals surface area contributed by atoms with E-state index in [9.17, 15) is 17.6 Å². The number of hydrogen-bond acceptors (Lipinski definition) is 2. The second-order valence-electron chi connectivity index (χ2n) is 5.31. The molecule has 2 rings (SSSR count). The summed E-state index contributed by atoms with van der Waals surface area (Å²) in [5.41, 5.74) is 0.170. The van der Waals surface area contributed by atoms with Gasteiger partial charge in [-0.3, -0.25) is 0 Å². The van der Waals surface area contributed by atoms with Crippen LogP contribution in [-0.2, 0) is 13.0 Å². The molecule has 26 heavy (non-hydrogen) atoms. The number of benzene rings is 1. The van der Waals surface area contributed by atoms with Gasteiger partial charge in [0, 0.05) is 25.4 Å². The predicted octanol–water partition coefficient (Wildman–Crippen LogP) is 3.59. The average molecular weight is 389 g/mol. The summed E-state index contributed by atoms with van der Waals surface area (Å²) < 4.78 is 53.8. The summed E-state index contributed by atoms with van der Waals surface area (Å²) in [7, 11) is 0. The number of nitrogens with one attached hydrogen (secondary N) is 2. The molecule has 0 radical (unpaired) electrons. The summed E-state index contributed by atoms with van der Waals surface area (Å²) in [5, 5.41) is 6.25. The lowest BCUT2D eigenvalue weighted by molar-refractivity contribution is 0.439. The van der Waals surface area contributed by atoms with E-state index in [1.807, 2.05) is 13.0 Å². The predicted molar refractivity (Wildman–Crippen MR) is 92.0 cm³/mol. The molecule has 0 unspecified atom stereocenters. The van der Waals surface area contributed by atoms with Gasteiger partial charge in [0.2, 0.25) is 0 Å². The molecule has 0 saturated heterocycles. The minimum absolute atomic E-state index is 0.168. The number of halogens is 5. The lowest BCUT2D eigenvalue weighted by atomic mass is 10.2. The van der Waals surface area contributed by atoms with E-state index < -0.39 is 35.4 Å². The van der Waals surface area contributed by atoms with Crippen molar-refractivity contribution in [3.05, 3.63) is 63.9 Å². The summed E-state index contributed by atoms with van der Waals surface area (Å²) >= 11 is 5.71. The molecule has 0 saturated carbocycles. The fourth-order valence-electron chi connectivity index (χ4n) is 2.14. The van der Waals surface area contributed by atoms with Gasteiger partial charge in [0.1, 0.15) is 5.15 Å². The zero-order valence-electron chi connectivity index (χ0n) is 13.9. The molecule has 0 bridgehead atoms. The quantitative estimate of drug-likeness (QED) is 0.261. The lowest BCUT2D eigenvalue weighted by Crippen LogP contribution is -2.38. The minimum Gasteiger partial charge on any atom is -0.357 e. The number of pyridine rings is 1. The fraction of sp³-hybridized carbons (Fsp3) is 0.294. The van der Waals surface area contributed by atoms with Crippen LogP contribution >= 0.6 is 11.6 Å². The highest BCUT2D eigenvalue weighted by Gasteiger charge is 2.18. The largest absolute Gasteiger partial charge is 0.357 e. The molecule has 1 heterocycles. The second kappa shape index (κ2) is 9.38. The Bertz CT molecular complexity index is 755. The van der Waals surface area contributed by atoms with E-state index in [0.29, 0.717) is 24.7 Å². The molecule has 1 aromatic heterocycles. The molecule has 0 atom stereocenters. The van der Waals surface area contributed by atoms with E-state index in [4.69, 9.17) is 11.6 Å². The Kier molecular flexibility index (Phi) is 7.20. The first-order chi connectivity index (χ1) is 12.4. The normalized spacial score (nSPS) is 11.5. The van der Waals surface area contributed by atoms with Gasteiger partial charge in [0.05, 0.1) is 12.1 Å². The lowest BCUT2D eigenvalue weighted by Gasteiger charge is -2.12. The van der Waals surface area contributed by atoms with Crippen LogP contribution in [-0.4, -0.2) is 24.0 Å². The van der Waals surface area contributed by atoms with Crippen molar-refractivity contribution in [3.63, 3.8) is 0 Å². The van der Waals surface area contributed by atoms with E-state index in [0.717, 1.165) is 5.56 Å². The van der Waals surface area contributed by atoms with Crippen LogP contribution in [0.4, 0.5) is 17.6 Å². The molecule has 9 heteroatoms. The zero-order chi connectivity index (χ0) is 19.1. The van der Waals surface area contributed by atoms with Crippen LogP contribution in [0.2, 0.25) is 5.15 Å². The number of guanidine groups is 1. The van der Waals surface area contributed by atoms with Crippen molar-refractivity contribution in [2.24, 2.45) is 4.99 Å². The van der Waals surface area contributed by atoms with Crippen molar-refractivity contribution in [3.8, 4) is 0 Å². The Hall–Kier alpha value is -2.35. The van der Waals surface area contributed by atoms with Gasteiger partial charge in [-0.1, -0.05) is 17.7 Å². The summed E-state index contributed by atoms with van der Waals surface area (Å²) in [5.74, 6) is -5.55. The van der Waals surface area contributed by atoms with Crippen LogP contribution in [0, 0.1) is 23.3 Å². The van der Waals surface area contributed by atoms with Crippen molar-refractivity contribution in [1.29, 1.82) is 0 Å². The van der Waals surface area contributed by atoms with E-state index >= 15 is 0 Å². The number of hydrogen-bond donors (Lipinski definition) is 2. The smallest absolute Gasteiger partial charge is 0.191 e. The number of nitrogens with zero attached hydrogens (tertiary/aromatic N) is 2. The molecular weight excluding hydrogens is 372 g/mol. The molecule has 0 fully saturated rings. The molecule has 1 aromatic carbocycles. The highest BCUT2D eigenvalue weighted by molar-refractivity contribution is 6.29. The Morgan fingerprint density at radius 2 is 1.81 bits per heavy atom. The summed E-state index contributed by atoms with van der Waals surface area (Å²) in [6.07, 6.45) is 2.24. The molecule has 0 amide bonds. The monoisotopic (exact) mass is 388 g/mol. The van der Waals surface area contributed by atoms with Crippen LogP contribution in [0.15, 0.2) is 29.4 Å². The van der Waals surface area contributed by atoms with Crippen LogP contribution in [0.3, 0.4) is 0 Å². The summed E-state index contributed by atoms with van der Waals surface area (Å²) in [4.78, 5) is 7.94. The maximum Gasteiger partial charge on any atom is 0.191 e. The standard InChI is InChI=1S/C17H17ClF4N4/c1-2-23-17(24-6-5-10-3-4-14(18)25-8-10)26-9-11-15(21)12(19)7-13(20)16(11)22/h3-4,7-8H,2,5-6,9H2,1H3,(H2,23,24,26). The van der Waals surface area contributed by atoms with Crippen LogP contribution in [0.1, 0.15) is 18.1 Å². The third-order valence-corrected chi connectivity index (χ3v) is 3.66. The Balaban J connectivity index is 2.03. The first-order valence-electron chi connectivity index (χ1n) is 7.86. The van der Waals surface area contributed by atoms with Gasteiger partial charge in [-0.2, -0.15) is 0 Å². The van der Waals surface area contributed by atoms with E-state index in [1.165, 1.54) is 0 Å². The van der Waals surface area contributed by atoms with Crippen molar-refractivity contribution in [2.45, 2.75) is 19.9 Å². The molecule has 2 N–H and O–H groups in total. The summed E-state index contributed by atoms with van der Waals surface area (Å²) in [6, 6.07) is 3.66. The van der Waals surface area contributed by atoms with Crippen LogP contribution in [0.5, 0.6) is 0 Å². The van der Waals surface area contributed by atoms with Gasteiger partial charge in [-0.05, 0) is 25.0 Å². The molecular formula is C17H17ClF4N4. The van der Waals surface area contributed by atoms with Gasteiger partial charge < -0.3 is 10.6 Å². The van der Waals surface area contributed by atoms with E-state index in [1.54, 1.807) is 12.3 Å². The molecule has 0 aliphatic heterocycles. The molecule has 0 aliphatic carbocycles. The number of aliphatic imine (C=N–C) groups is 1. The van der Waals surface area contributed by atoms with Crippen molar-refractivity contribution in [1.82, 2.24) is 15.6 Å². The number of rotatable bonds is 6. The van der Waals surface area contributed by atoms with Crippen molar-refractivity contribution in [2.75, 3.05) is 13.1 Å². The maximum atomic E-state index is 13.7. The van der Waals surface area contributed by atoms with Gasteiger partial charge in [-0.25, -0.2) is 27.5 Å². The van der Waals surface area contributed by atoms with Gasteiger partial charge in [-0.15, -0.1) is 0 Å². The first-order valence-corrected chi connectivity index (χ1v) is 8.24. The SMILES string of the molecule is CCNC(=NCc1c(F)c(F)cc(F)c1F)NCCc1ccc(Cl)nc1. The maximum absolute atomic E-state index is 13.7. The van der Waals surface area contributed by atoms with Gasteiger partial charge in [0.15, 0.2) is 29.2 Å². The topological polar surface area (TPSA) is 49.3 Å². The third-order valence-electron chi connectivity index (χ3n) is 3.44.